The first-order chi connectivity index (χ1) is 5.52. The Balaban J connectivity index is 3.28. The molecule has 1 aromatic rings. The van der Waals surface area contributed by atoms with Crippen LogP contribution in [0, 0.1) is 6.92 Å². The van der Waals surface area contributed by atoms with Gasteiger partial charge in [-0.2, -0.15) is 0 Å². The van der Waals surface area contributed by atoms with Gasteiger partial charge in [-0.3, -0.25) is 0 Å². The fourth-order valence-electron chi connectivity index (χ4n) is 1.11. The Morgan fingerprint density at radius 3 is 2.58 bits per heavy atom. The summed E-state index contributed by atoms with van der Waals surface area (Å²) in [7, 11) is 0. The lowest BCUT2D eigenvalue weighted by atomic mass is 10.0. The van der Waals surface area contributed by atoms with E-state index in [0.29, 0.717) is 10.6 Å². The van der Waals surface area contributed by atoms with E-state index in [2.05, 4.69) is 0 Å². The lowest BCUT2D eigenvalue weighted by Crippen LogP contribution is -2.05. The molecule has 0 amide bonds. The number of aryl methyl sites for hydroxylation is 1. The van der Waals surface area contributed by atoms with E-state index in [9.17, 15) is 5.11 Å². The molecule has 0 bridgehead atoms. The summed E-state index contributed by atoms with van der Waals surface area (Å²) in [6.45, 7) is 3.61. The number of halogens is 1. The molecule has 1 rings (SSSR count). The monoisotopic (exact) mass is 185 g/mol. The van der Waals surface area contributed by atoms with Crippen LogP contribution in [0.15, 0.2) is 12.1 Å². The van der Waals surface area contributed by atoms with Crippen molar-refractivity contribution in [1.82, 2.24) is 0 Å². The average molecular weight is 186 g/mol. The minimum absolute atomic E-state index is 0.192. The van der Waals surface area contributed by atoms with Gasteiger partial charge >= 0.3 is 0 Å². The van der Waals surface area contributed by atoms with Crippen LogP contribution in [0.2, 0.25) is 5.02 Å². The zero-order valence-electron chi connectivity index (χ0n) is 7.13. The normalized spacial score (nSPS) is 13.0. The van der Waals surface area contributed by atoms with Crippen LogP contribution in [0.3, 0.4) is 0 Å². The molecule has 0 aliphatic heterocycles. The molecule has 0 spiro atoms. The fourth-order valence-corrected chi connectivity index (χ4v) is 1.39. The predicted molar refractivity (Wildman–Crippen MR) is 50.5 cm³/mol. The number of phenolic OH excluding ortho intramolecular Hbond substituents is 1. The summed E-state index contributed by atoms with van der Waals surface area (Å²) in [6.07, 6.45) is 0. The molecule has 2 nitrogen and oxygen atoms in total. The van der Waals surface area contributed by atoms with Gasteiger partial charge in [-0.25, -0.2) is 0 Å². The molecule has 0 saturated heterocycles. The molecule has 66 valence electrons. The maximum absolute atomic E-state index is 9.55. The van der Waals surface area contributed by atoms with Crippen molar-refractivity contribution in [2.75, 3.05) is 0 Å². The molecule has 0 aliphatic rings. The van der Waals surface area contributed by atoms with Crippen LogP contribution >= 0.6 is 11.6 Å². The third kappa shape index (κ3) is 1.71. The Hall–Kier alpha value is -0.730. The Bertz CT molecular complexity index is 297. The van der Waals surface area contributed by atoms with Crippen molar-refractivity contribution >= 4 is 11.6 Å². The van der Waals surface area contributed by atoms with E-state index in [0.717, 1.165) is 5.56 Å². The Labute approximate surface area is 77.0 Å². The van der Waals surface area contributed by atoms with Crippen molar-refractivity contribution in [3.8, 4) is 5.75 Å². The molecule has 0 radical (unpaired) electrons. The minimum Gasteiger partial charge on any atom is -0.507 e. The van der Waals surface area contributed by atoms with Crippen LogP contribution in [0.4, 0.5) is 0 Å². The van der Waals surface area contributed by atoms with Gasteiger partial charge in [0.2, 0.25) is 0 Å². The molecular weight excluding hydrogens is 174 g/mol. The van der Waals surface area contributed by atoms with Crippen LogP contribution in [-0.2, 0) is 0 Å². The average Bonchev–Trinajstić information content (AvgIpc) is 1.96. The van der Waals surface area contributed by atoms with Crippen LogP contribution < -0.4 is 5.73 Å². The zero-order valence-corrected chi connectivity index (χ0v) is 7.89. The molecule has 0 aliphatic carbocycles. The van der Waals surface area contributed by atoms with Crippen molar-refractivity contribution in [2.45, 2.75) is 19.9 Å². The largest absolute Gasteiger partial charge is 0.507 e. The Kier molecular flexibility index (Phi) is 2.60. The molecule has 0 heterocycles. The van der Waals surface area contributed by atoms with Crippen molar-refractivity contribution in [1.29, 1.82) is 0 Å². The Morgan fingerprint density at radius 2 is 2.08 bits per heavy atom. The van der Waals surface area contributed by atoms with E-state index in [4.69, 9.17) is 17.3 Å². The van der Waals surface area contributed by atoms with E-state index < -0.39 is 0 Å². The van der Waals surface area contributed by atoms with Crippen LogP contribution in [0.1, 0.15) is 24.1 Å². The predicted octanol–water partition coefficient (Wildman–Crippen LogP) is 2.37. The number of nitrogens with two attached hydrogens (primary N) is 1. The van der Waals surface area contributed by atoms with Crippen LogP contribution in [0.25, 0.3) is 0 Å². The molecule has 0 saturated carbocycles. The summed E-state index contributed by atoms with van der Waals surface area (Å²) >= 11 is 5.80. The zero-order chi connectivity index (χ0) is 9.30. The summed E-state index contributed by atoms with van der Waals surface area (Å²) in [5, 5.41) is 10.2. The molecule has 3 heteroatoms. The van der Waals surface area contributed by atoms with E-state index in [-0.39, 0.29) is 11.8 Å². The van der Waals surface area contributed by atoms with Gasteiger partial charge < -0.3 is 10.8 Å². The smallest absolute Gasteiger partial charge is 0.123 e. The van der Waals surface area contributed by atoms with Gasteiger partial charge in [0, 0.05) is 16.6 Å². The third-order valence-corrected chi connectivity index (χ3v) is 2.00. The molecule has 0 unspecified atom stereocenters. The molecule has 0 aromatic heterocycles. The number of rotatable bonds is 1. The summed E-state index contributed by atoms with van der Waals surface area (Å²) in [5.41, 5.74) is 7.09. The standard InChI is InChI=1S/C9H12ClNO/c1-5-3-7(10)4-8(6(2)11)9(5)12/h3-4,6,12H,11H2,1-2H3/t6-/m0/s1. The van der Waals surface area contributed by atoms with Crippen molar-refractivity contribution in [3.63, 3.8) is 0 Å². The Morgan fingerprint density at radius 1 is 1.50 bits per heavy atom. The second-order valence-corrected chi connectivity index (χ2v) is 3.39. The molecule has 1 aromatic carbocycles. The van der Waals surface area contributed by atoms with E-state index in [1.54, 1.807) is 19.1 Å². The number of hydrogen-bond acceptors (Lipinski definition) is 2. The highest BCUT2D eigenvalue weighted by Gasteiger charge is 2.09. The number of benzene rings is 1. The summed E-state index contributed by atoms with van der Waals surface area (Å²) in [4.78, 5) is 0. The molecule has 1 atom stereocenters. The van der Waals surface area contributed by atoms with E-state index in [1.165, 1.54) is 0 Å². The summed E-state index contributed by atoms with van der Waals surface area (Å²) in [6, 6.07) is 3.21. The number of phenols is 1. The van der Waals surface area contributed by atoms with Gasteiger partial charge in [-0.1, -0.05) is 11.6 Å². The SMILES string of the molecule is Cc1cc(Cl)cc([C@H](C)N)c1O. The van der Waals surface area contributed by atoms with Crippen molar-refractivity contribution in [3.05, 3.63) is 28.3 Å². The second kappa shape index (κ2) is 3.33. The number of aromatic hydroxyl groups is 1. The van der Waals surface area contributed by atoms with Crippen molar-refractivity contribution in [2.24, 2.45) is 5.73 Å². The van der Waals surface area contributed by atoms with Gasteiger partial charge in [-0.05, 0) is 31.5 Å². The summed E-state index contributed by atoms with van der Waals surface area (Å²) in [5.74, 6) is 0.245. The fraction of sp³-hybridized carbons (Fsp3) is 0.333. The van der Waals surface area contributed by atoms with Gasteiger partial charge in [0.1, 0.15) is 5.75 Å². The highest BCUT2D eigenvalue weighted by atomic mass is 35.5. The first-order valence-corrected chi connectivity index (χ1v) is 4.14. The quantitative estimate of drug-likeness (QED) is 0.706. The molecular formula is C9H12ClNO. The third-order valence-electron chi connectivity index (χ3n) is 1.79. The highest BCUT2D eigenvalue weighted by Crippen LogP contribution is 2.29. The van der Waals surface area contributed by atoms with Gasteiger partial charge in [0.25, 0.3) is 0 Å². The van der Waals surface area contributed by atoms with Crippen molar-refractivity contribution < 1.29 is 5.11 Å². The lowest BCUT2D eigenvalue weighted by molar-refractivity contribution is 0.459. The second-order valence-electron chi connectivity index (χ2n) is 2.95. The maximum atomic E-state index is 9.55. The first kappa shape index (κ1) is 9.36. The van der Waals surface area contributed by atoms with Crippen LogP contribution in [-0.4, -0.2) is 5.11 Å². The van der Waals surface area contributed by atoms with E-state index in [1.807, 2.05) is 6.92 Å². The molecule has 12 heavy (non-hydrogen) atoms. The van der Waals surface area contributed by atoms with Gasteiger partial charge in [0.05, 0.1) is 0 Å². The first-order valence-electron chi connectivity index (χ1n) is 3.77. The van der Waals surface area contributed by atoms with E-state index >= 15 is 0 Å². The maximum Gasteiger partial charge on any atom is 0.123 e. The summed E-state index contributed by atoms with van der Waals surface area (Å²) < 4.78 is 0. The van der Waals surface area contributed by atoms with Crippen LogP contribution in [0.5, 0.6) is 5.75 Å². The number of hydrogen-bond donors (Lipinski definition) is 2. The van der Waals surface area contributed by atoms with Gasteiger partial charge in [-0.15, -0.1) is 0 Å². The topological polar surface area (TPSA) is 46.2 Å². The van der Waals surface area contributed by atoms with Gasteiger partial charge in [0.15, 0.2) is 0 Å². The molecule has 3 N–H and O–H groups in total. The molecule has 0 fully saturated rings. The minimum atomic E-state index is -0.192. The lowest BCUT2D eigenvalue weighted by Gasteiger charge is -2.10. The highest BCUT2D eigenvalue weighted by molar-refractivity contribution is 6.30.